The van der Waals surface area contributed by atoms with Crippen LogP contribution in [-0.2, 0) is 19.7 Å². The van der Waals surface area contributed by atoms with E-state index in [1.165, 1.54) is 0 Å². The highest BCUT2D eigenvalue weighted by atomic mass is 35.5. The number of nitrogens with one attached hydrogen (secondary N) is 1. The summed E-state index contributed by atoms with van der Waals surface area (Å²) in [5.74, 6) is 0.200. The van der Waals surface area contributed by atoms with Crippen LogP contribution >= 0.6 is 23.2 Å². The van der Waals surface area contributed by atoms with Crippen molar-refractivity contribution in [3.8, 4) is 11.5 Å². The van der Waals surface area contributed by atoms with Crippen LogP contribution in [0, 0.1) is 0 Å². The number of ether oxygens (including phenoxy) is 2. The molecule has 0 aliphatic heterocycles. The van der Waals surface area contributed by atoms with Crippen molar-refractivity contribution < 1.29 is 19.4 Å². The van der Waals surface area contributed by atoms with Crippen LogP contribution in [0.1, 0.15) is 27.0 Å². The Labute approximate surface area is 185 Å². The summed E-state index contributed by atoms with van der Waals surface area (Å²) >= 11 is 12.5. The molecule has 0 aliphatic rings. The first-order valence-corrected chi connectivity index (χ1v) is 9.98. The van der Waals surface area contributed by atoms with Crippen molar-refractivity contribution in [3.05, 3.63) is 93.0 Å². The number of carboxylic acids is 1. The van der Waals surface area contributed by atoms with Gasteiger partial charge in [0.25, 0.3) is 0 Å². The summed E-state index contributed by atoms with van der Waals surface area (Å²) < 4.78 is 11.3. The second-order valence-electron chi connectivity index (χ2n) is 6.62. The molecule has 0 amide bonds. The predicted octanol–water partition coefficient (Wildman–Crippen LogP) is 5.57. The number of hydrogen-bond acceptors (Lipinski definition) is 4. The van der Waals surface area contributed by atoms with Gasteiger partial charge in [-0.05, 0) is 47.0 Å². The minimum absolute atomic E-state index is 0.264. The van der Waals surface area contributed by atoms with Crippen LogP contribution in [-0.4, -0.2) is 18.2 Å². The van der Waals surface area contributed by atoms with E-state index in [1.54, 1.807) is 37.4 Å². The highest BCUT2D eigenvalue weighted by molar-refractivity contribution is 6.31. The molecule has 0 fully saturated rings. The lowest BCUT2D eigenvalue weighted by Gasteiger charge is -2.14. The third kappa shape index (κ3) is 5.89. The Hall–Kier alpha value is -2.73. The number of methoxy groups -OCH3 is 1. The molecule has 0 saturated heterocycles. The van der Waals surface area contributed by atoms with Gasteiger partial charge in [0, 0.05) is 29.2 Å². The van der Waals surface area contributed by atoms with Gasteiger partial charge in [-0.2, -0.15) is 0 Å². The number of aromatic carboxylic acids is 1. The quantitative estimate of drug-likeness (QED) is 0.450. The van der Waals surface area contributed by atoms with Gasteiger partial charge >= 0.3 is 5.97 Å². The van der Waals surface area contributed by atoms with Gasteiger partial charge in [0.2, 0.25) is 0 Å². The third-order valence-electron chi connectivity index (χ3n) is 4.46. The largest absolute Gasteiger partial charge is 0.493 e. The molecule has 0 spiro atoms. The molecule has 7 heteroatoms. The molecule has 30 heavy (non-hydrogen) atoms. The zero-order valence-corrected chi connectivity index (χ0v) is 17.8. The molecule has 3 rings (SSSR count). The maximum absolute atomic E-state index is 10.9. The second-order valence-corrected chi connectivity index (χ2v) is 7.46. The van der Waals surface area contributed by atoms with Crippen molar-refractivity contribution in [1.82, 2.24) is 5.32 Å². The van der Waals surface area contributed by atoms with E-state index >= 15 is 0 Å². The fraction of sp³-hybridized carbons (Fsp3) is 0.174. The fourth-order valence-corrected chi connectivity index (χ4v) is 3.31. The Balaban J connectivity index is 1.62. The number of rotatable bonds is 9. The van der Waals surface area contributed by atoms with Crippen LogP contribution in [0.4, 0.5) is 0 Å². The van der Waals surface area contributed by atoms with Gasteiger partial charge in [0.15, 0.2) is 11.5 Å². The molecule has 0 heterocycles. The Morgan fingerprint density at radius 1 is 0.967 bits per heavy atom. The molecular formula is C23H21Cl2NO4. The molecule has 0 saturated carbocycles. The number of carbonyl (C=O) groups is 1. The second kappa shape index (κ2) is 10.3. The number of hydrogen-bond donors (Lipinski definition) is 2. The lowest BCUT2D eigenvalue weighted by molar-refractivity contribution is 0.0697. The van der Waals surface area contributed by atoms with Crippen LogP contribution in [0.2, 0.25) is 10.0 Å². The summed E-state index contributed by atoms with van der Waals surface area (Å²) in [7, 11) is 1.58. The van der Waals surface area contributed by atoms with Crippen LogP contribution in [0.3, 0.4) is 0 Å². The molecule has 0 aliphatic carbocycles. The van der Waals surface area contributed by atoms with Gasteiger partial charge in [-0.25, -0.2) is 4.79 Å². The Bertz CT molecular complexity index is 1020. The van der Waals surface area contributed by atoms with E-state index in [0.29, 0.717) is 41.2 Å². The van der Waals surface area contributed by atoms with Crippen molar-refractivity contribution in [2.24, 2.45) is 0 Å². The number of carboxylic acid groups (broad SMARTS) is 1. The van der Waals surface area contributed by atoms with E-state index in [0.717, 1.165) is 16.7 Å². The Kier molecular flexibility index (Phi) is 7.57. The summed E-state index contributed by atoms with van der Waals surface area (Å²) in [5, 5.41) is 13.5. The summed E-state index contributed by atoms with van der Waals surface area (Å²) in [6.45, 7) is 1.44. The van der Waals surface area contributed by atoms with E-state index in [2.05, 4.69) is 5.32 Å². The van der Waals surface area contributed by atoms with Crippen LogP contribution in [0.25, 0.3) is 0 Å². The molecule has 3 aromatic rings. The van der Waals surface area contributed by atoms with Gasteiger partial charge in [-0.15, -0.1) is 0 Å². The number of halogens is 2. The van der Waals surface area contributed by atoms with Gasteiger partial charge < -0.3 is 19.9 Å². The molecule has 0 aromatic heterocycles. The van der Waals surface area contributed by atoms with Crippen molar-refractivity contribution in [3.63, 3.8) is 0 Å². The van der Waals surface area contributed by atoms with Crippen LogP contribution < -0.4 is 14.8 Å². The van der Waals surface area contributed by atoms with E-state index in [4.69, 9.17) is 37.8 Å². The summed E-state index contributed by atoms with van der Waals surface area (Å²) in [6.07, 6.45) is 0. The average molecular weight is 446 g/mol. The highest BCUT2D eigenvalue weighted by Gasteiger charge is 2.11. The minimum atomic E-state index is -0.939. The molecular weight excluding hydrogens is 425 g/mol. The van der Waals surface area contributed by atoms with Crippen molar-refractivity contribution in [1.29, 1.82) is 0 Å². The van der Waals surface area contributed by atoms with E-state index < -0.39 is 5.97 Å². The third-order valence-corrected chi connectivity index (χ3v) is 5.05. The molecule has 0 radical (unpaired) electrons. The average Bonchev–Trinajstić information content (AvgIpc) is 2.74. The summed E-state index contributed by atoms with van der Waals surface area (Å²) in [4.78, 5) is 10.9. The lowest BCUT2D eigenvalue weighted by Crippen LogP contribution is -2.13. The minimum Gasteiger partial charge on any atom is -0.493 e. The number of benzene rings is 3. The van der Waals surface area contributed by atoms with Crippen molar-refractivity contribution in [2.45, 2.75) is 19.7 Å². The first-order chi connectivity index (χ1) is 14.5. The van der Waals surface area contributed by atoms with Crippen molar-refractivity contribution in [2.75, 3.05) is 7.11 Å². The Morgan fingerprint density at radius 2 is 1.73 bits per heavy atom. The highest BCUT2D eigenvalue weighted by Crippen LogP contribution is 2.34. The fourth-order valence-electron chi connectivity index (χ4n) is 2.88. The first kappa shape index (κ1) is 22.0. The van der Waals surface area contributed by atoms with Gasteiger partial charge in [-0.1, -0.05) is 47.5 Å². The molecule has 0 atom stereocenters. The first-order valence-electron chi connectivity index (χ1n) is 9.23. The summed E-state index contributed by atoms with van der Waals surface area (Å²) in [5.41, 5.74) is 3.05. The molecule has 156 valence electrons. The van der Waals surface area contributed by atoms with Gasteiger partial charge in [0.05, 0.1) is 12.7 Å². The zero-order valence-electron chi connectivity index (χ0n) is 16.3. The monoisotopic (exact) mass is 445 g/mol. The van der Waals surface area contributed by atoms with Crippen LogP contribution in [0.5, 0.6) is 11.5 Å². The maximum atomic E-state index is 10.9. The summed E-state index contributed by atoms with van der Waals surface area (Å²) in [6, 6.07) is 17.8. The molecule has 2 N–H and O–H groups in total. The molecule has 0 unspecified atom stereocenters. The van der Waals surface area contributed by atoms with Gasteiger partial charge in [-0.3, -0.25) is 0 Å². The Morgan fingerprint density at radius 3 is 2.40 bits per heavy atom. The smallest absolute Gasteiger partial charge is 0.335 e. The predicted molar refractivity (Wildman–Crippen MR) is 118 cm³/mol. The molecule has 5 nitrogen and oxygen atoms in total. The van der Waals surface area contributed by atoms with Crippen LogP contribution in [0.15, 0.2) is 60.7 Å². The topological polar surface area (TPSA) is 67.8 Å². The van der Waals surface area contributed by atoms with Gasteiger partial charge in [0.1, 0.15) is 6.61 Å². The molecule has 0 bridgehead atoms. The SMILES string of the molecule is COc1cc(CNCc2ccc(C(=O)O)cc2)c(Cl)cc1OCc1cccc(Cl)c1. The molecule has 3 aromatic carbocycles. The van der Waals surface area contributed by atoms with E-state index in [9.17, 15) is 4.79 Å². The van der Waals surface area contributed by atoms with Crippen molar-refractivity contribution >= 4 is 29.2 Å². The zero-order chi connectivity index (χ0) is 21.5. The normalized spacial score (nSPS) is 10.6. The van der Waals surface area contributed by atoms with E-state index in [1.807, 2.05) is 30.3 Å². The maximum Gasteiger partial charge on any atom is 0.335 e. The lowest BCUT2D eigenvalue weighted by atomic mass is 10.1. The standard InChI is InChI=1S/C23H21Cl2NO4/c1-29-21-10-18(13-26-12-15-5-7-17(8-6-15)23(27)28)20(25)11-22(21)30-14-16-3-2-4-19(24)9-16/h2-11,26H,12-14H2,1H3,(H,27,28). The van der Waals surface area contributed by atoms with E-state index in [-0.39, 0.29) is 5.56 Å².